The minimum absolute atomic E-state index is 0.168. The predicted octanol–water partition coefficient (Wildman–Crippen LogP) is 2.08. The molecule has 1 heterocycles. The van der Waals surface area contributed by atoms with Gasteiger partial charge in [0.05, 0.1) is 12.2 Å². The third kappa shape index (κ3) is 1.18. The van der Waals surface area contributed by atoms with Gasteiger partial charge in [0.1, 0.15) is 0 Å². The first-order valence-electron chi connectivity index (χ1n) is 4.57. The molecule has 0 amide bonds. The Morgan fingerprint density at radius 3 is 1.91 bits per heavy atom. The lowest BCUT2D eigenvalue weighted by molar-refractivity contribution is -0.166. The van der Waals surface area contributed by atoms with Crippen LogP contribution in [-0.4, -0.2) is 18.0 Å². The van der Waals surface area contributed by atoms with E-state index in [1.165, 1.54) is 12.8 Å². The van der Waals surface area contributed by atoms with Crippen LogP contribution in [0.25, 0.3) is 0 Å². The SMILES string of the molecule is C[C@H]1OC2(CCCC2)O[C@@H]1C. The molecule has 2 nitrogen and oxygen atoms in total. The van der Waals surface area contributed by atoms with Gasteiger partial charge in [0.25, 0.3) is 0 Å². The summed E-state index contributed by atoms with van der Waals surface area (Å²) in [4.78, 5) is 0. The number of rotatable bonds is 0. The molecule has 2 fully saturated rings. The lowest BCUT2D eigenvalue weighted by Crippen LogP contribution is -2.26. The van der Waals surface area contributed by atoms with Crippen molar-refractivity contribution in [1.29, 1.82) is 0 Å². The number of hydrogen-bond donors (Lipinski definition) is 0. The first-order valence-corrected chi connectivity index (χ1v) is 4.57. The Morgan fingerprint density at radius 1 is 1.00 bits per heavy atom. The lowest BCUT2D eigenvalue weighted by atomic mass is 10.2. The lowest BCUT2D eigenvalue weighted by Gasteiger charge is -2.21. The van der Waals surface area contributed by atoms with Crippen molar-refractivity contribution in [1.82, 2.24) is 0 Å². The standard InChI is InChI=1S/C9H16O2/c1-7-8(2)11-9(10-7)5-3-4-6-9/h7-8H,3-6H2,1-2H3/t7-,8-/m1/s1. The molecule has 0 unspecified atom stereocenters. The fourth-order valence-corrected chi connectivity index (χ4v) is 2.05. The van der Waals surface area contributed by atoms with Gasteiger partial charge in [-0.05, 0) is 26.7 Å². The summed E-state index contributed by atoms with van der Waals surface area (Å²) in [5, 5.41) is 0. The van der Waals surface area contributed by atoms with Gasteiger partial charge in [-0.3, -0.25) is 0 Å². The largest absolute Gasteiger partial charge is 0.344 e. The van der Waals surface area contributed by atoms with E-state index in [0.717, 1.165) is 12.8 Å². The average molecular weight is 156 g/mol. The molecule has 1 aliphatic carbocycles. The summed E-state index contributed by atoms with van der Waals surface area (Å²) < 4.78 is 11.6. The first-order chi connectivity index (χ1) is 5.22. The molecule has 2 aliphatic rings. The van der Waals surface area contributed by atoms with Crippen LogP contribution in [0.2, 0.25) is 0 Å². The molecule has 2 heteroatoms. The van der Waals surface area contributed by atoms with E-state index in [4.69, 9.17) is 9.47 Å². The molecule has 1 spiro atoms. The Balaban J connectivity index is 2.06. The molecule has 0 aromatic heterocycles. The quantitative estimate of drug-likeness (QED) is 0.534. The van der Waals surface area contributed by atoms with Crippen LogP contribution in [0.3, 0.4) is 0 Å². The van der Waals surface area contributed by atoms with Gasteiger partial charge < -0.3 is 9.47 Å². The van der Waals surface area contributed by atoms with Gasteiger partial charge in [0.2, 0.25) is 0 Å². The Hall–Kier alpha value is -0.0800. The van der Waals surface area contributed by atoms with Crippen molar-refractivity contribution >= 4 is 0 Å². The summed E-state index contributed by atoms with van der Waals surface area (Å²) in [5.41, 5.74) is 0. The minimum Gasteiger partial charge on any atom is -0.344 e. The van der Waals surface area contributed by atoms with Gasteiger partial charge in [0.15, 0.2) is 5.79 Å². The minimum atomic E-state index is -0.168. The summed E-state index contributed by atoms with van der Waals surface area (Å²) in [7, 11) is 0. The van der Waals surface area contributed by atoms with E-state index in [-0.39, 0.29) is 18.0 Å². The monoisotopic (exact) mass is 156 g/mol. The third-order valence-corrected chi connectivity index (χ3v) is 2.83. The highest BCUT2D eigenvalue weighted by Crippen LogP contribution is 2.41. The van der Waals surface area contributed by atoms with Crippen molar-refractivity contribution in [3.63, 3.8) is 0 Å². The zero-order chi connectivity index (χ0) is 7.90. The van der Waals surface area contributed by atoms with Crippen molar-refractivity contribution in [2.45, 2.75) is 57.5 Å². The highest BCUT2D eigenvalue weighted by molar-refractivity contribution is 4.85. The summed E-state index contributed by atoms with van der Waals surface area (Å²) in [6.07, 6.45) is 5.30. The summed E-state index contributed by atoms with van der Waals surface area (Å²) in [5.74, 6) is -0.168. The summed E-state index contributed by atoms with van der Waals surface area (Å²) in [6, 6.07) is 0. The van der Waals surface area contributed by atoms with E-state index in [1.807, 2.05) is 0 Å². The summed E-state index contributed by atoms with van der Waals surface area (Å²) >= 11 is 0. The maximum Gasteiger partial charge on any atom is 0.169 e. The van der Waals surface area contributed by atoms with Gasteiger partial charge >= 0.3 is 0 Å². The number of hydrogen-bond acceptors (Lipinski definition) is 2. The van der Waals surface area contributed by atoms with Crippen molar-refractivity contribution in [3.8, 4) is 0 Å². The topological polar surface area (TPSA) is 18.5 Å². The van der Waals surface area contributed by atoms with Crippen molar-refractivity contribution in [2.75, 3.05) is 0 Å². The second-order valence-corrected chi connectivity index (χ2v) is 3.76. The molecule has 1 saturated carbocycles. The first kappa shape index (κ1) is 7.56. The van der Waals surface area contributed by atoms with E-state index >= 15 is 0 Å². The van der Waals surface area contributed by atoms with Crippen LogP contribution in [0.5, 0.6) is 0 Å². The molecule has 2 rings (SSSR count). The third-order valence-electron chi connectivity index (χ3n) is 2.83. The Kier molecular flexibility index (Phi) is 1.69. The van der Waals surface area contributed by atoms with E-state index in [1.54, 1.807) is 0 Å². The van der Waals surface area contributed by atoms with E-state index in [0.29, 0.717) is 0 Å². The fraction of sp³-hybridized carbons (Fsp3) is 1.00. The normalized spacial score (nSPS) is 42.0. The number of ether oxygens (including phenoxy) is 2. The smallest absolute Gasteiger partial charge is 0.169 e. The molecule has 2 atom stereocenters. The molecule has 64 valence electrons. The van der Waals surface area contributed by atoms with Gasteiger partial charge in [-0.2, -0.15) is 0 Å². The molecular weight excluding hydrogens is 140 g/mol. The van der Waals surface area contributed by atoms with E-state index < -0.39 is 0 Å². The van der Waals surface area contributed by atoms with Crippen molar-refractivity contribution < 1.29 is 9.47 Å². The van der Waals surface area contributed by atoms with Crippen LogP contribution in [0.4, 0.5) is 0 Å². The predicted molar refractivity (Wildman–Crippen MR) is 42.3 cm³/mol. The van der Waals surface area contributed by atoms with Crippen LogP contribution in [0, 0.1) is 0 Å². The van der Waals surface area contributed by atoms with Gasteiger partial charge in [-0.15, -0.1) is 0 Å². The van der Waals surface area contributed by atoms with Crippen LogP contribution in [0.1, 0.15) is 39.5 Å². The van der Waals surface area contributed by atoms with Crippen molar-refractivity contribution in [2.24, 2.45) is 0 Å². The molecule has 1 saturated heterocycles. The fourth-order valence-electron chi connectivity index (χ4n) is 2.05. The van der Waals surface area contributed by atoms with E-state index in [2.05, 4.69) is 13.8 Å². The zero-order valence-electron chi connectivity index (χ0n) is 7.30. The maximum absolute atomic E-state index is 5.80. The Bertz CT molecular complexity index is 138. The van der Waals surface area contributed by atoms with Crippen LogP contribution >= 0.6 is 0 Å². The molecule has 0 N–H and O–H groups in total. The van der Waals surface area contributed by atoms with Crippen molar-refractivity contribution in [3.05, 3.63) is 0 Å². The second-order valence-electron chi connectivity index (χ2n) is 3.76. The van der Waals surface area contributed by atoms with Crippen LogP contribution in [-0.2, 0) is 9.47 Å². The molecule has 1 aliphatic heterocycles. The van der Waals surface area contributed by atoms with Crippen LogP contribution in [0.15, 0.2) is 0 Å². The average Bonchev–Trinajstić information content (AvgIpc) is 2.46. The molecular formula is C9H16O2. The summed E-state index contributed by atoms with van der Waals surface area (Å²) in [6.45, 7) is 4.19. The molecule has 0 aromatic rings. The Morgan fingerprint density at radius 2 is 1.45 bits per heavy atom. The highest BCUT2D eigenvalue weighted by atomic mass is 16.8. The molecule has 0 radical (unpaired) electrons. The molecule has 11 heavy (non-hydrogen) atoms. The second kappa shape index (κ2) is 2.46. The van der Waals surface area contributed by atoms with Gasteiger partial charge in [0, 0.05) is 12.8 Å². The van der Waals surface area contributed by atoms with Gasteiger partial charge in [-0.1, -0.05) is 0 Å². The van der Waals surface area contributed by atoms with Gasteiger partial charge in [-0.25, -0.2) is 0 Å². The molecule has 0 aromatic carbocycles. The zero-order valence-corrected chi connectivity index (χ0v) is 7.30. The van der Waals surface area contributed by atoms with Crippen LogP contribution < -0.4 is 0 Å². The highest BCUT2D eigenvalue weighted by Gasteiger charge is 2.45. The maximum atomic E-state index is 5.80. The van der Waals surface area contributed by atoms with E-state index in [9.17, 15) is 0 Å². The Labute approximate surface area is 67.9 Å². The molecule has 0 bridgehead atoms.